The van der Waals surface area contributed by atoms with Gasteiger partial charge in [-0.2, -0.15) is 0 Å². The van der Waals surface area contributed by atoms with Crippen molar-refractivity contribution in [2.24, 2.45) is 0 Å². The molecule has 0 atom stereocenters. The van der Waals surface area contributed by atoms with Crippen LogP contribution in [0.3, 0.4) is 0 Å². The summed E-state index contributed by atoms with van der Waals surface area (Å²) in [5, 5.41) is 6.36. The van der Waals surface area contributed by atoms with Gasteiger partial charge in [-0.25, -0.2) is 0 Å². The summed E-state index contributed by atoms with van der Waals surface area (Å²) in [6.45, 7) is 8.85. The molecule has 0 heterocycles. The molecule has 2 N–H and O–H groups in total. The molecule has 0 aliphatic heterocycles. The van der Waals surface area contributed by atoms with Crippen LogP contribution in [0.2, 0.25) is 0 Å². The van der Waals surface area contributed by atoms with Crippen LogP contribution in [0.1, 0.15) is 478 Å². The number of carbonyl (C=O) groups is 2. The van der Waals surface area contributed by atoms with Gasteiger partial charge >= 0.3 is 0 Å². The van der Waals surface area contributed by atoms with Gasteiger partial charge in [-0.05, 0) is 37.5 Å². The van der Waals surface area contributed by atoms with Gasteiger partial charge in [-0.3, -0.25) is 9.59 Å². The summed E-state index contributed by atoms with van der Waals surface area (Å²) < 4.78 is 6.35. The van der Waals surface area contributed by atoms with E-state index in [1.54, 1.807) is 0 Å². The molecule has 1 aromatic carbocycles. The van der Waals surface area contributed by atoms with E-state index >= 15 is 0 Å². The van der Waals surface area contributed by atoms with Gasteiger partial charge in [-0.1, -0.05) is 438 Å². The predicted molar refractivity (Wildman–Crippen MR) is 388 cm³/mol. The van der Waals surface area contributed by atoms with Crippen LogP contribution >= 0.6 is 0 Å². The summed E-state index contributed by atoms with van der Waals surface area (Å²) in [5.41, 5.74) is 1.13. The molecule has 5 nitrogen and oxygen atoms in total. The molecule has 0 bridgehead atoms. The van der Waals surface area contributed by atoms with Gasteiger partial charge in [0.1, 0.15) is 5.75 Å². The average molecular weight is 1220 g/mol. The van der Waals surface area contributed by atoms with Crippen molar-refractivity contribution in [1.82, 2.24) is 10.6 Å². The summed E-state index contributed by atoms with van der Waals surface area (Å²) in [6, 6.07) is 5.45. The van der Waals surface area contributed by atoms with Crippen LogP contribution in [0.25, 0.3) is 0 Å². The van der Waals surface area contributed by atoms with E-state index in [1.165, 1.54) is 398 Å². The number of benzene rings is 1. The summed E-state index contributed by atoms with van der Waals surface area (Å²) in [7, 11) is 0. The first-order valence-corrected chi connectivity index (χ1v) is 40.5. The Morgan fingerprint density at radius 1 is 0.253 bits per heavy atom. The van der Waals surface area contributed by atoms with E-state index in [9.17, 15) is 9.59 Å². The molecule has 1 rings (SSSR count). The lowest BCUT2D eigenvalue weighted by Gasteiger charge is -2.14. The van der Waals surface area contributed by atoms with Crippen molar-refractivity contribution in [2.45, 2.75) is 457 Å². The predicted octanol–water partition coefficient (Wildman–Crippen LogP) is 28.1. The molecule has 2 amide bonds. The van der Waals surface area contributed by atoms with Gasteiger partial charge in [0.05, 0.1) is 12.2 Å². The summed E-state index contributed by atoms with van der Waals surface area (Å²) in [6.07, 6.45) is 93.8. The number of amides is 2. The van der Waals surface area contributed by atoms with E-state index < -0.39 is 0 Å². The number of hydrogen-bond donors (Lipinski definition) is 2. The van der Waals surface area contributed by atoms with E-state index in [-0.39, 0.29) is 11.8 Å². The topological polar surface area (TPSA) is 67.4 Å². The number of rotatable bonds is 74. The maximum atomic E-state index is 13.6. The molecular formula is C82H156N2O3. The van der Waals surface area contributed by atoms with Crippen LogP contribution in [0.5, 0.6) is 5.75 Å². The van der Waals surface area contributed by atoms with Gasteiger partial charge in [-0.15, -0.1) is 0 Å². The first-order chi connectivity index (χ1) is 43.1. The second-order valence-corrected chi connectivity index (χ2v) is 28.1. The molecule has 0 saturated heterocycles. The SMILES string of the molecule is CCCCCCCCCCCCCCCCCCCCCCCCCCCCNC(=O)c1ccc(C(=O)NCCCCCCCCCCCCCCCCCCCCCCCCCCCC)c(OCCCCCCCCCCCCCCCCCC)c1. The van der Waals surface area contributed by atoms with E-state index in [4.69, 9.17) is 4.74 Å². The van der Waals surface area contributed by atoms with Crippen LogP contribution in [-0.4, -0.2) is 31.5 Å². The van der Waals surface area contributed by atoms with Gasteiger partial charge in [0.2, 0.25) is 0 Å². The number of hydrogen-bond acceptors (Lipinski definition) is 3. The zero-order valence-electron chi connectivity index (χ0n) is 59.7. The fourth-order valence-electron chi connectivity index (χ4n) is 13.3. The Labute approximate surface area is 546 Å². The highest BCUT2D eigenvalue weighted by Crippen LogP contribution is 2.24. The molecule has 1 aromatic rings. The lowest BCUT2D eigenvalue weighted by atomic mass is 10.0. The zero-order valence-corrected chi connectivity index (χ0v) is 59.7. The Morgan fingerprint density at radius 3 is 0.678 bits per heavy atom. The highest BCUT2D eigenvalue weighted by atomic mass is 16.5. The fraction of sp³-hybridized carbons (Fsp3) is 0.902. The standard InChI is InChI=1S/C82H156N2O3/c1-4-7-10-13-16-19-22-25-28-31-33-35-37-39-41-43-45-47-49-51-54-57-60-63-66-69-74-83-81(85)78-72-73-79(80(77-78)87-76-71-68-65-62-59-56-53-30-27-24-21-18-15-12-9-6-3)82(86)84-75-70-67-64-61-58-55-52-50-48-46-44-42-40-38-36-34-32-29-26-23-20-17-14-11-8-5-2/h72-73,77H,4-71,74-76H2,1-3H3,(H,83,85)(H,84,86). The first kappa shape index (κ1) is 83.0. The van der Waals surface area contributed by atoms with Crippen LogP contribution in [0, 0.1) is 0 Å². The highest BCUT2D eigenvalue weighted by molar-refractivity contribution is 6.00. The van der Waals surface area contributed by atoms with Crippen molar-refractivity contribution in [3.8, 4) is 5.75 Å². The molecule has 0 aromatic heterocycles. The summed E-state index contributed by atoms with van der Waals surface area (Å²) in [5.74, 6) is 0.389. The second-order valence-electron chi connectivity index (χ2n) is 28.1. The Kier molecular flexibility index (Phi) is 68.1. The molecule has 0 fully saturated rings. The van der Waals surface area contributed by atoms with E-state index in [1.807, 2.05) is 18.2 Å². The quantitative estimate of drug-likeness (QED) is 0.0639. The minimum atomic E-state index is -0.0888. The lowest BCUT2D eigenvalue weighted by Crippen LogP contribution is -2.26. The Bertz CT molecular complexity index is 1510. The van der Waals surface area contributed by atoms with Crippen LogP contribution < -0.4 is 15.4 Å². The summed E-state index contributed by atoms with van der Waals surface area (Å²) >= 11 is 0. The molecule has 0 radical (unpaired) electrons. The third-order valence-electron chi connectivity index (χ3n) is 19.4. The number of nitrogens with one attached hydrogen (secondary N) is 2. The first-order valence-electron chi connectivity index (χ1n) is 40.5. The third kappa shape index (κ3) is 61.2. The monoisotopic (exact) mass is 1220 g/mol. The minimum Gasteiger partial charge on any atom is -0.493 e. The smallest absolute Gasteiger partial charge is 0.255 e. The van der Waals surface area contributed by atoms with Crippen molar-refractivity contribution in [1.29, 1.82) is 0 Å². The van der Waals surface area contributed by atoms with Crippen molar-refractivity contribution in [3.05, 3.63) is 29.3 Å². The van der Waals surface area contributed by atoms with Crippen LogP contribution in [0.15, 0.2) is 18.2 Å². The van der Waals surface area contributed by atoms with Gasteiger partial charge in [0.15, 0.2) is 0 Å². The van der Waals surface area contributed by atoms with Crippen LogP contribution in [-0.2, 0) is 0 Å². The van der Waals surface area contributed by atoms with E-state index in [2.05, 4.69) is 31.4 Å². The maximum absolute atomic E-state index is 13.6. The second kappa shape index (κ2) is 71.4. The molecule has 5 heteroatoms. The van der Waals surface area contributed by atoms with E-state index in [0.29, 0.717) is 36.6 Å². The Hall–Kier alpha value is -2.04. The summed E-state index contributed by atoms with van der Waals surface area (Å²) in [4.78, 5) is 27.0. The molecule has 0 aliphatic rings. The van der Waals surface area contributed by atoms with E-state index in [0.717, 1.165) is 38.5 Å². The van der Waals surface area contributed by atoms with Crippen molar-refractivity contribution in [2.75, 3.05) is 19.7 Å². The van der Waals surface area contributed by atoms with Gasteiger partial charge in [0.25, 0.3) is 11.8 Å². The Balaban J connectivity index is 2.24. The van der Waals surface area contributed by atoms with Crippen molar-refractivity contribution >= 4 is 11.8 Å². The third-order valence-corrected chi connectivity index (χ3v) is 19.4. The number of ether oxygens (including phenoxy) is 1. The van der Waals surface area contributed by atoms with Gasteiger partial charge in [0, 0.05) is 18.7 Å². The average Bonchev–Trinajstić information content (AvgIpc) is 3.61. The number of unbranched alkanes of at least 4 members (excludes halogenated alkanes) is 65. The molecular weight excluding hydrogens is 1060 g/mol. The number of carbonyl (C=O) groups excluding carboxylic acids is 2. The maximum Gasteiger partial charge on any atom is 0.255 e. The molecule has 0 aliphatic carbocycles. The van der Waals surface area contributed by atoms with Crippen LogP contribution in [0.4, 0.5) is 0 Å². The molecule has 512 valence electrons. The molecule has 87 heavy (non-hydrogen) atoms. The van der Waals surface area contributed by atoms with Gasteiger partial charge < -0.3 is 15.4 Å². The molecule has 0 spiro atoms. The largest absolute Gasteiger partial charge is 0.493 e. The normalized spacial score (nSPS) is 11.5. The zero-order chi connectivity index (χ0) is 62.3. The van der Waals surface area contributed by atoms with Crippen molar-refractivity contribution in [3.63, 3.8) is 0 Å². The highest BCUT2D eigenvalue weighted by Gasteiger charge is 2.16. The minimum absolute atomic E-state index is 0.0700. The van der Waals surface area contributed by atoms with Crippen molar-refractivity contribution < 1.29 is 14.3 Å². The fourth-order valence-corrected chi connectivity index (χ4v) is 13.3. The molecule has 0 unspecified atom stereocenters. The molecule has 0 saturated carbocycles. The lowest BCUT2D eigenvalue weighted by molar-refractivity contribution is 0.0937. The Morgan fingerprint density at radius 2 is 0.448 bits per heavy atom.